The van der Waals surface area contributed by atoms with Gasteiger partial charge in [0.05, 0.1) is 5.56 Å². The fraction of sp³-hybridized carbons (Fsp3) is 0.588. The fourth-order valence-electron chi connectivity index (χ4n) is 2.66. The topological polar surface area (TPSA) is 41.1 Å². The van der Waals surface area contributed by atoms with Crippen molar-refractivity contribution in [3.8, 4) is 0 Å². The predicted molar refractivity (Wildman–Crippen MR) is 91.2 cm³/mol. The third kappa shape index (κ3) is 6.02. The zero-order valence-corrected chi connectivity index (χ0v) is 14.5. The van der Waals surface area contributed by atoms with Crippen LogP contribution in [0, 0.1) is 0 Å². The highest BCUT2D eigenvalue weighted by Gasteiger charge is 2.30. The number of rotatable bonds is 6. The summed E-state index contributed by atoms with van der Waals surface area (Å²) in [6.45, 7) is 3.27. The second-order valence-corrected chi connectivity index (χ2v) is 7.24. The number of amides is 1. The van der Waals surface area contributed by atoms with E-state index in [4.69, 9.17) is 0 Å². The van der Waals surface area contributed by atoms with Crippen LogP contribution in [0.2, 0.25) is 0 Å². The molecule has 2 rings (SSSR count). The number of nitrogens with one attached hydrogen (secondary N) is 2. The average molecular weight is 360 g/mol. The van der Waals surface area contributed by atoms with Crippen LogP contribution in [0.5, 0.6) is 0 Å². The smallest absolute Gasteiger partial charge is 0.356 e. The minimum absolute atomic E-state index is 0.00811. The zero-order valence-electron chi connectivity index (χ0n) is 13.7. The Labute approximate surface area is 144 Å². The molecule has 2 unspecified atom stereocenters. The Hall–Kier alpha value is -1.21. The van der Waals surface area contributed by atoms with Crippen molar-refractivity contribution in [3.05, 3.63) is 35.4 Å². The summed E-state index contributed by atoms with van der Waals surface area (Å²) < 4.78 is 38.2. The van der Waals surface area contributed by atoms with Gasteiger partial charge in [0.15, 0.2) is 0 Å². The molecular weight excluding hydrogens is 337 g/mol. The quantitative estimate of drug-likeness (QED) is 0.817. The summed E-state index contributed by atoms with van der Waals surface area (Å²) in [4.78, 5) is 11.9. The Morgan fingerprint density at radius 2 is 2.25 bits per heavy atom. The SMILES string of the molecule is CC(CCNC(=O)CC1CSCCN1)c1cccc(C(F)(F)F)c1. The number of hydrogen-bond acceptors (Lipinski definition) is 3. The third-order valence-corrected chi connectivity index (χ3v) is 5.24. The van der Waals surface area contributed by atoms with Gasteiger partial charge >= 0.3 is 6.18 Å². The number of halogens is 3. The Kier molecular flexibility index (Phi) is 6.98. The van der Waals surface area contributed by atoms with Crippen molar-refractivity contribution < 1.29 is 18.0 Å². The van der Waals surface area contributed by atoms with E-state index in [-0.39, 0.29) is 17.9 Å². The molecule has 1 aliphatic rings. The van der Waals surface area contributed by atoms with Gasteiger partial charge in [0, 0.05) is 37.1 Å². The van der Waals surface area contributed by atoms with Gasteiger partial charge in [0.25, 0.3) is 0 Å². The maximum Gasteiger partial charge on any atom is 0.416 e. The average Bonchev–Trinajstić information content (AvgIpc) is 2.55. The predicted octanol–water partition coefficient (Wildman–Crippen LogP) is 3.41. The maximum atomic E-state index is 12.7. The Morgan fingerprint density at radius 1 is 1.46 bits per heavy atom. The minimum Gasteiger partial charge on any atom is -0.356 e. The second kappa shape index (κ2) is 8.76. The molecule has 0 radical (unpaired) electrons. The molecule has 1 heterocycles. The molecule has 1 amide bonds. The van der Waals surface area contributed by atoms with Gasteiger partial charge in [-0.05, 0) is 24.0 Å². The van der Waals surface area contributed by atoms with Crippen LogP contribution in [0.3, 0.4) is 0 Å². The molecule has 1 saturated heterocycles. The van der Waals surface area contributed by atoms with Gasteiger partial charge in [-0.25, -0.2) is 0 Å². The van der Waals surface area contributed by atoms with Gasteiger partial charge in [-0.1, -0.05) is 25.1 Å². The molecule has 2 atom stereocenters. The summed E-state index contributed by atoms with van der Waals surface area (Å²) in [5, 5.41) is 6.17. The van der Waals surface area contributed by atoms with Crippen LogP contribution in [-0.2, 0) is 11.0 Å². The van der Waals surface area contributed by atoms with Crippen LogP contribution < -0.4 is 10.6 Å². The molecule has 0 saturated carbocycles. The van der Waals surface area contributed by atoms with Crippen LogP contribution in [0.1, 0.15) is 36.8 Å². The van der Waals surface area contributed by atoms with Crippen LogP contribution in [0.25, 0.3) is 0 Å². The highest BCUT2D eigenvalue weighted by molar-refractivity contribution is 7.99. The summed E-state index contributed by atoms with van der Waals surface area (Å²) in [5.41, 5.74) is 0.0150. The standard InChI is InChI=1S/C17H23F3N2OS/c1-12(13-3-2-4-14(9-13)17(18,19)20)5-6-22-16(23)10-15-11-24-8-7-21-15/h2-4,9,12,15,21H,5-8,10-11H2,1H3,(H,22,23). The van der Waals surface area contributed by atoms with E-state index in [0.717, 1.165) is 24.1 Å². The van der Waals surface area contributed by atoms with Crippen molar-refractivity contribution in [1.29, 1.82) is 0 Å². The Morgan fingerprint density at radius 3 is 2.92 bits per heavy atom. The molecular formula is C17H23F3N2OS. The van der Waals surface area contributed by atoms with E-state index in [2.05, 4.69) is 10.6 Å². The Balaban J connectivity index is 1.76. The molecule has 1 aromatic carbocycles. The summed E-state index contributed by atoms with van der Waals surface area (Å²) in [5.74, 6) is 1.96. The van der Waals surface area contributed by atoms with Gasteiger partial charge < -0.3 is 10.6 Å². The molecule has 134 valence electrons. The van der Waals surface area contributed by atoms with E-state index in [9.17, 15) is 18.0 Å². The zero-order chi connectivity index (χ0) is 17.6. The second-order valence-electron chi connectivity index (χ2n) is 6.09. The van der Waals surface area contributed by atoms with Crippen LogP contribution in [0.15, 0.2) is 24.3 Å². The first kappa shape index (κ1) is 19.1. The van der Waals surface area contributed by atoms with E-state index in [1.807, 2.05) is 18.7 Å². The van der Waals surface area contributed by atoms with E-state index >= 15 is 0 Å². The van der Waals surface area contributed by atoms with Crippen molar-refractivity contribution in [2.24, 2.45) is 0 Å². The highest BCUT2D eigenvalue weighted by Crippen LogP contribution is 2.31. The van der Waals surface area contributed by atoms with Crippen LogP contribution in [-0.4, -0.2) is 36.5 Å². The van der Waals surface area contributed by atoms with Crippen molar-refractivity contribution in [3.63, 3.8) is 0 Å². The lowest BCUT2D eigenvalue weighted by Crippen LogP contribution is -2.41. The van der Waals surface area contributed by atoms with Crippen molar-refractivity contribution in [2.45, 2.75) is 37.9 Å². The molecule has 2 N–H and O–H groups in total. The van der Waals surface area contributed by atoms with Crippen molar-refractivity contribution in [2.75, 3.05) is 24.6 Å². The summed E-state index contributed by atoms with van der Waals surface area (Å²) in [7, 11) is 0. The molecule has 1 fully saturated rings. The lowest BCUT2D eigenvalue weighted by Gasteiger charge is -2.22. The van der Waals surface area contributed by atoms with Crippen LogP contribution >= 0.6 is 11.8 Å². The van der Waals surface area contributed by atoms with Gasteiger partial charge in [0.1, 0.15) is 0 Å². The third-order valence-electron chi connectivity index (χ3n) is 4.11. The first-order valence-electron chi connectivity index (χ1n) is 8.11. The lowest BCUT2D eigenvalue weighted by atomic mass is 9.96. The maximum absolute atomic E-state index is 12.7. The van der Waals surface area contributed by atoms with E-state index < -0.39 is 11.7 Å². The van der Waals surface area contributed by atoms with Crippen molar-refractivity contribution >= 4 is 17.7 Å². The first-order valence-corrected chi connectivity index (χ1v) is 9.26. The fourth-order valence-corrected chi connectivity index (χ4v) is 3.61. The largest absolute Gasteiger partial charge is 0.416 e. The minimum atomic E-state index is -4.32. The molecule has 7 heteroatoms. The van der Waals surface area contributed by atoms with Crippen LogP contribution in [0.4, 0.5) is 13.2 Å². The number of thioether (sulfide) groups is 1. The summed E-state index contributed by atoms with van der Waals surface area (Å²) >= 11 is 1.84. The molecule has 1 aromatic rings. The Bertz CT molecular complexity index is 545. The van der Waals surface area contributed by atoms with E-state index in [0.29, 0.717) is 24.9 Å². The summed E-state index contributed by atoms with van der Waals surface area (Å²) in [6, 6.07) is 5.61. The van der Waals surface area contributed by atoms with Gasteiger partial charge in [0.2, 0.25) is 5.91 Å². The summed E-state index contributed by atoms with van der Waals surface area (Å²) in [6.07, 6.45) is -3.26. The molecule has 3 nitrogen and oxygen atoms in total. The monoisotopic (exact) mass is 360 g/mol. The first-order chi connectivity index (χ1) is 11.4. The van der Waals surface area contributed by atoms with E-state index in [1.54, 1.807) is 6.07 Å². The number of carbonyl (C=O) groups is 1. The molecule has 0 bridgehead atoms. The molecule has 1 aliphatic heterocycles. The van der Waals surface area contributed by atoms with Crippen molar-refractivity contribution in [1.82, 2.24) is 10.6 Å². The lowest BCUT2D eigenvalue weighted by molar-refractivity contribution is -0.137. The number of benzene rings is 1. The molecule has 0 spiro atoms. The van der Waals surface area contributed by atoms with Gasteiger partial charge in [-0.15, -0.1) is 0 Å². The molecule has 24 heavy (non-hydrogen) atoms. The number of alkyl halides is 3. The molecule has 0 aliphatic carbocycles. The molecule has 0 aromatic heterocycles. The number of carbonyl (C=O) groups excluding carboxylic acids is 1. The number of hydrogen-bond donors (Lipinski definition) is 2. The van der Waals surface area contributed by atoms with Gasteiger partial charge in [-0.3, -0.25) is 4.79 Å². The highest BCUT2D eigenvalue weighted by atomic mass is 32.2. The van der Waals surface area contributed by atoms with E-state index in [1.165, 1.54) is 12.1 Å². The normalized spacial score (nSPS) is 19.8. The van der Waals surface area contributed by atoms with Gasteiger partial charge in [-0.2, -0.15) is 24.9 Å².